The van der Waals surface area contributed by atoms with E-state index in [1.807, 2.05) is 0 Å². The van der Waals surface area contributed by atoms with E-state index in [4.69, 9.17) is 0 Å². The number of hydrogen-bond donors (Lipinski definition) is 2. The molecule has 2 rings (SSSR count). The van der Waals surface area contributed by atoms with Crippen molar-refractivity contribution in [3.05, 3.63) is 29.6 Å². The Hall–Kier alpha value is -1.91. The number of rotatable bonds is 3. The van der Waals surface area contributed by atoms with Gasteiger partial charge in [-0.3, -0.25) is 9.78 Å². The summed E-state index contributed by atoms with van der Waals surface area (Å²) in [7, 11) is 0. The Bertz CT molecular complexity index is 479. The number of carbonyl (C=O) groups is 2. The summed E-state index contributed by atoms with van der Waals surface area (Å²) in [6.07, 6.45) is 4.21. The van der Waals surface area contributed by atoms with Crippen LogP contribution in [0.25, 0.3) is 0 Å². The first-order chi connectivity index (χ1) is 8.53. The smallest absolute Gasteiger partial charge is 0.329 e. The second-order valence-electron chi connectivity index (χ2n) is 4.73. The maximum Gasteiger partial charge on any atom is 0.329 e. The molecule has 1 aromatic heterocycles. The summed E-state index contributed by atoms with van der Waals surface area (Å²) < 4.78 is 0. The van der Waals surface area contributed by atoms with Crippen molar-refractivity contribution in [2.24, 2.45) is 0 Å². The number of aromatic nitrogens is 1. The monoisotopic (exact) mass is 248 g/mol. The fraction of sp³-hybridized carbons (Fsp3) is 0.462. The highest BCUT2D eigenvalue weighted by atomic mass is 16.4. The van der Waals surface area contributed by atoms with Crippen LogP contribution in [0.4, 0.5) is 0 Å². The summed E-state index contributed by atoms with van der Waals surface area (Å²) in [5.74, 6) is -1.29. The number of carboxylic acids is 1. The van der Waals surface area contributed by atoms with Crippen LogP contribution < -0.4 is 5.32 Å². The molecule has 1 fully saturated rings. The van der Waals surface area contributed by atoms with Gasteiger partial charge in [0.15, 0.2) is 0 Å². The Balaban J connectivity index is 2.18. The van der Waals surface area contributed by atoms with Crippen LogP contribution >= 0.6 is 0 Å². The van der Waals surface area contributed by atoms with Gasteiger partial charge in [0.1, 0.15) is 5.54 Å². The standard InChI is InChI=1S/C13H16N2O3/c1-9-8-10(4-7-14-9)11(16)15-13(12(17)18)5-2-3-6-13/h4,7-8H,2-3,5-6H2,1H3,(H,15,16)(H,17,18). The molecule has 0 atom stereocenters. The maximum absolute atomic E-state index is 12.1. The maximum atomic E-state index is 12.1. The van der Waals surface area contributed by atoms with Gasteiger partial charge in [-0.05, 0) is 31.9 Å². The molecule has 18 heavy (non-hydrogen) atoms. The number of carbonyl (C=O) groups excluding carboxylic acids is 1. The molecule has 1 saturated carbocycles. The number of aryl methyl sites for hydroxylation is 1. The molecule has 1 heterocycles. The zero-order valence-electron chi connectivity index (χ0n) is 10.3. The van der Waals surface area contributed by atoms with E-state index in [2.05, 4.69) is 10.3 Å². The first-order valence-corrected chi connectivity index (χ1v) is 6.02. The summed E-state index contributed by atoms with van der Waals surface area (Å²) in [5, 5.41) is 12.0. The number of nitrogens with zero attached hydrogens (tertiary/aromatic N) is 1. The van der Waals surface area contributed by atoms with Crippen molar-refractivity contribution in [2.45, 2.75) is 38.1 Å². The predicted octanol–water partition coefficient (Wildman–Crippen LogP) is 1.52. The molecule has 0 radical (unpaired) electrons. The lowest BCUT2D eigenvalue weighted by Crippen LogP contribution is -2.52. The van der Waals surface area contributed by atoms with Gasteiger partial charge in [-0.2, -0.15) is 0 Å². The van der Waals surface area contributed by atoms with E-state index in [0.29, 0.717) is 18.4 Å². The highest BCUT2D eigenvalue weighted by Crippen LogP contribution is 2.30. The molecule has 0 unspecified atom stereocenters. The molecule has 1 aliphatic rings. The number of hydrogen-bond acceptors (Lipinski definition) is 3. The van der Waals surface area contributed by atoms with E-state index >= 15 is 0 Å². The van der Waals surface area contributed by atoms with Crippen LogP contribution in [0.5, 0.6) is 0 Å². The predicted molar refractivity (Wildman–Crippen MR) is 65.3 cm³/mol. The molecule has 0 aliphatic heterocycles. The van der Waals surface area contributed by atoms with Crippen LogP contribution in [0.2, 0.25) is 0 Å². The first kappa shape index (κ1) is 12.5. The molecule has 5 heteroatoms. The Morgan fingerprint density at radius 2 is 2.06 bits per heavy atom. The van der Waals surface area contributed by atoms with E-state index in [9.17, 15) is 14.7 Å². The van der Waals surface area contributed by atoms with Gasteiger partial charge >= 0.3 is 5.97 Å². The minimum absolute atomic E-state index is 0.343. The summed E-state index contributed by atoms with van der Waals surface area (Å²) in [6, 6.07) is 3.24. The van der Waals surface area contributed by atoms with Crippen molar-refractivity contribution in [1.29, 1.82) is 0 Å². The summed E-state index contributed by atoms with van der Waals surface area (Å²) in [4.78, 5) is 27.4. The second kappa shape index (κ2) is 4.76. The molecular weight excluding hydrogens is 232 g/mol. The third kappa shape index (κ3) is 2.34. The SMILES string of the molecule is Cc1cc(C(=O)NC2(C(=O)O)CCCC2)ccn1. The minimum atomic E-state index is -1.09. The fourth-order valence-electron chi connectivity index (χ4n) is 2.35. The van der Waals surface area contributed by atoms with Crippen LogP contribution in [-0.4, -0.2) is 27.5 Å². The summed E-state index contributed by atoms with van der Waals surface area (Å²) >= 11 is 0. The van der Waals surface area contributed by atoms with Crippen molar-refractivity contribution >= 4 is 11.9 Å². The Kier molecular flexibility index (Phi) is 3.32. The van der Waals surface area contributed by atoms with Crippen LogP contribution in [0.15, 0.2) is 18.3 Å². The van der Waals surface area contributed by atoms with Gasteiger partial charge < -0.3 is 10.4 Å². The Morgan fingerprint density at radius 1 is 1.39 bits per heavy atom. The van der Waals surface area contributed by atoms with Gasteiger partial charge in [-0.25, -0.2) is 4.79 Å². The molecule has 1 aromatic rings. The number of aliphatic carboxylic acids is 1. The molecule has 0 bridgehead atoms. The fourth-order valence-corrected chi connectivity index (χ4v) is 2.35. The minimum Gasteiger partial charge on any atom is -0.480 e. The van der Waals surface area contributed by atoms with Gasteiger partial charge in [0.2, 0.25) is 0 Å². The molecule has 2 N–H and O–H groups in total. The number of amides is 1. The third-order valence-electron chi connectivity index (χ3n) is 3.38. The van der Waals surface area contributed by atoms with E-state index in [-0.39, 0.29) is 5.91 Å². The lowest BCUT2D eigenvalue weighted by Gasteiger charge is -2.25. The van der Waals surface area contributed by atoms with Gasteiger partial charge in [-0.15, -0.1) is 0 Å². The molecule has 0 saturated heterocycles. The molecule has 96 valence electrons. The van der Waals surface area contributed by atoms with Crippen molar-refractivity contribution < 1.29 is 14.7 Å². The van der Waals surface area contributed by atoms with Crippen LogP contribution in [-0.2, 0) is 4.79 Å². The molecule has 5 nitrogen and oxygen atoms in total. The molecule has 0 spiro atoms. The van der Waals surface area contributed by atoms with Crippen molar-refractivity contribution in [3.63, 3.8) is 0 Å². The van der Waals surface area contributed by atoms with Crippen LogP contribution in [0.1, 0.15) is 41.7 Å². The van der Waals surface area contributed by atoms with E-state index < -0.39 is 11.5 Å². The zero-order chi connectivity index (χ0) is 13.2. The van der Waals surface area contributed by atoms with Crippen LogP contribution in [0, 0.1) is 6.92 Å². The molecular formula is C13H16N2O3. The van der Waals surface area contributed by atoms with Gasteiger partial charge in [0.25, 0.3) is 5.91 Å². The number of carboxylic acid groups (broad SMARTS) is 1. The van der Waals surface area contributed by atoms with Gasteiger partial charge in [0.05, 0.1) is 0 Å². The largest absolute Gasteiger partial charge is 0.480 e. The normalized spacial score (nSPS) is 17.4. The van der Waals surface area contributed by atoms with Crippen LogP contribution in [0.3, 0.4) is 0 Å². The molecule has 1 amide bonds. The lowest BCUT2D eigenvalue weighted by atomic mass is 9.97. The van der Waals surface area contributed by atoms with Crippen molar-refractivity contribution in [2.75, 3.05) is 0 Å². The molecule has 1 aliphatic carbocycles. The van der Waals surface area contributed by atoms with Crippen molar-refractivity contribution in [3.8, 4) is 0 Å². The van der Waals surface area contributed by atoms with Gasteiger partial charge in [-0.1, -0.05) is 12.8 Å². The molecule has 0 aromatic carbocycles. The lowest BCUT2D eigenvalue weighted by molar-refractivity contribution is -0.144. The second-order valence-corrected chi connectivity index (χ2v) is 4.73. The Labute approximate surface area is 105 Å². The van der Waals surface area contributed by atoms with Crippen molar-refractivity contribution in [1.82, 2.24) is 10.3 Å². The summed E-state index contributed by atoms with van der Waals surface area (Å²) in [6.45, 7) is 1.79. The van der Waals surface area contributed by atoms with Gasteiger partial charge in [0, 0.05) is 17.5 Å². The third-order valence-corrected chi connectivity index (χ3v) is 3.38. The zero-order valence-corrected chi connectivity index (χ0v) is 10.3. The Morgan fingerprint density at radius 3 is 2.61 bits per heavy atom. The average Bonchev–Trinajstić information content (AvgIpc) is 2.79. The first-order valence-electron chi connectivity index (χ1n) is 6.02. The quantitative estimate of drug-likeness (QED) is 0.850. The van der Waals surface area contributed by atoms with E-state index in [0.717, 1.165) is 18.5 Å². The topological polar surface area (TPSA) is 79.3 Å². The summed E-state index contributed by atoms with van der Waals surface area (Å²) in [5.41, 5.74) is 0.0994. The highest BCUT2D eigenvalue weighted by molar-refractivity contribution is 5.98. The average molecular weight is 248 g/mol. The number of nitrogens with one attached hydrogen (secondary N) is 1. The number of pyridine rings is 1. The highest BCUT2D eigenvalue weighted by Gasteiger charge is 2.42. The van der Waals surface area contributed by atoms with E-state index in [1.54, 1.807) is 25.3 Å². The van der Waals surface area contributed by atoms with E-state index in [1.165, 1.54) is 0 Å².